The Morgan fingerprint density at radius 2 is 1.82 bits per heavy atom. The van der Waals surface area contributed by atoms with E-state index in [1.165, 1.54) is 0 Å². The summed E-state index contributed by atoms with van der Waals surface area (Å²) in [6.07, 6.45) is -2.36. The summed E-state index contributed by atoms with van der Waals surface area (Å²) < 4.78 is 11.0. The largest absolute Gasteiger partial charge is 0.456 e. The van der Waals surface area contributed by atoms with Gasteiger partial charge in [-0.2, -0.15) is 0 Å². The number of hydrogen-bond donors (Lipinski definition) is 2. The molecule has 0 unspecified atom stereocenters. The third kappa shape index (κ3) is 4.29. The number of benzene rings is 1. The zero-order valence-corrected chi connectivity index (χ0v) is 13.2. The van der Waals surface area contributed by atoms with Crippen molar-refractivity contribution >= 4 is 5.97 Å². The van der Waals surface area contributed by atoms with Crippen LogP contribution in [0.25, 0.3) is 0 Å². The summed E-state index contributed by atoms with van der Waals surface area (Å²) in [6.45, 7) is 6.11. The number of rotatable bonds is 4. The lowest BCUT2D eigenvalue weighted by Crippen LogP contribution is -2.34. The lowest BCUT2D eigenvalue weighted by molar-refractivity contribution is -0.0631. The van der Waals surface area contributed by atoms with E-state index in [1.807, 2.05) is 26.8 Å². The molecule has 2 rings (SSSR count). The maximum absolute atomic E-state index is 12.0. The van der Waals surface area contributed by atoms with Crippen LogP contribution in [-0.4, -0.2) is 46.7 Å². The molecule has 5 heteroatoms. The van der Waals surface area contributed by atoms with E-state index in [0.29, 0.717) is 18.6 Å². The maximum atomic E-state index is 12.0. The Kier molecular flexibility index (Phi) is 5.21. The van der Waals surface area contributed by atoms with Crippen molar-refractivity contribution in [1.82, 2.24) is 0 Å². The van der Waals surface area contributed by atoms with Crippen LogP contribution in [0.5, 0.6) is 0 Å². The van der Waals surface area contributed by atoms with Crippen LogP contribution in [0.2, 0.25) is 0 Å². The van der Waals surface area contributed by atoms with Crippen LogP contribution < -0.4 is 0 Å². The Hall–Kier alpha value is -1.43. The third-order valence-electron chi connectivity index (χ3n) is 3.75. The number of ether oxygens (including phenoxy) is 2. The van der Waals surface area contributed by atoms with E-state index >= 15 is 0 Å². The van der Waals surface area contributed by atoms with Gasteiger partial charge in [0.05, 0.1) is 23.9 Å². The molecule has 0 aliphatic heterocycles. The summed E-state index contributed by atoms with van der Waals surface area (Å²) in [5, 5.41) is 20.2. The molecule has 0 saturated heterocycles. The molecule has 1 aromatic carbocycles. The lowest BCUT2D eigenvalue weighted by Gasteiger charge is -2.23. The minimum atomic E-state index is -1.08. The molecule has 0 amide bonds. The van der Waals surface area contributed by atoms with Gasteiger partial charge in [0.2, 0.25) is 0 Å². The molecule has 0 bridgehead atoms. The van der Waals surface area contributed by atoms with Crippen LogP contribution in [0.3, 0.4) is 0 Å². The Morgan fingerprint density at radius 3 is 2.41 bits per heavy atom. The Labute approximate surface area is 130 Å². The molecule has 1 saturated carbocycles. The smallest absolute Gasteiger partial charge is 0.338 e. The highest BCUT2D eigenvalue weighted by Crippen LogP contribution is 2.30. The second-order valence-corrected chi connectivity index (χ2v) is 6.71. The van der Waals surface area contributed by atoms with Crippen LogP contribution in [-0.2, 0) is 9.47 Å². The molecular weight excluding hydrogens is 284 g/mol. The molecule has 1 aromatic rings. The van der Waals surface area contributed by atoms with E-state index < -0.39 is 24.3 Å². The summed E-state index contributed by atoms with van der Waals surface area (Å²) >= 11 is 0. The standard InChI is InChI=1S/C17H24O5/c1-17(2,3)21-10-12-9-13(15(19)14(12)18)22-16(20)11-7-5-4-6-8-11/h4-8,12-15,18-19H,9-10H2,1-3H3/t12-,13+,14-,15+/m0/s1. The van der Waals surface area contributed by atoms with Crippen LogP contribution in [0.4, 0.5) is 0 Å². The summed E-state index contributed by atoms with van der Waals surface area (Å²) in [5.74, 6) is -0.739. The van der Waals surface area contributed by atoms with Gasteiger partial charge in [0.1, 0.15) is 12.2 Å². The van der Waals surface area contributed by atoms with Crippen molar-refractivity contribution in [2.75, 3.05) is 6.61 Å². The van der Waals surface area contributed by atoms with Crippen LogP contribution in [0, 0.1) is 5.92 Å². The van der Waals surface area contributed by atoms with Crippen LogP contribution in [0.1, 0.15) is 37.6 Å². The van der Waals surface area contributed by atoms with Gasteiger partial charge in [-0.3, -0.25) is 0 Å². The molecular formula is C17H24O5. The van der Waals surface area contributed by atoms with Crippen molar-refractivity contribution in [1.29, 1.82) is 0 Å². The molecule has 4 atom stereocenters. The monoisotopic (exact) mass is 308 g/mol. The van der Waals surface area contributed by atoms with Gasteiger partial charge >= 0.3 is 5.97 Å². The molecule has 1 aliphatic rings. The minimum Gasteiger partial charge on any atom is -0.456 e. The lowest BCUT2D eigenvalue weighted by atomic mass is 10.1. The highest BCUT2D eigenvalue weighted by Gasteiger charge is 2.44. The van der Waals surface area contributed by atoms with E-state index in [1.54, 1.807) is 24.3 Å². The Balaban J connectivity index is 1.94. The topological polar surface area (TPSA) is 76.0 Å². The van der Waals surface area contributed by atoms with E-state index in [9.17, 15) is 15.0 Å². The van der Waals surface area contributed by atoms with Gasteiger partial charge in [0.25, 0.3) is 0 Å². The quantitative estimate of drug-likeness (QED) is 0.829. The molecule has 1 aliphatic carbocycles. The predicted molar refractivity (Wildman–Crippen MR) is 81.5 cm³/mol. The van der Waals surface area contributed by atoms with E-state index in [-0.39, 0.29) is 11.5 Å². The van der Waals surface area contributed by atoms with Crippen molar-refractivity contribution in [3.05, 3.63) is 35.9 Å². The number of aliphatic hydroxyl groups excluding tert-OH is 2. The SMILES string of the molecule is CC(C)(C)OC[C@@H]1C[C@@H](OC(=O)c2ccccc2)[C@@H](O)[C@H]1O. The number of carbonyl (C=O) groups is 1. The number of esters is 1. The number of hydrogen-bond acceptors (Lipinski definition) is 5. The van der Waals surface area contributed by atoms with Gasteiger partial charge in [0, 0.05) is 5.92 Å². The van der Waals surface area contributed by atoms with Gasteiger partial charge in [-0.15, -0.1) is 0 Å². The van der Waals surface area contributed by atoms with Gasteiger partial charge in [0.15, 0.2) is 0 Å². The Bertz CT molecular complexity index is 494. The van der Waals surface area contributed by atoms with E-state index in [2.05, 4.69) is 0 Å². The molecule has 22 heavy (non-hydrogen) atoms. The second-order valence-electron chi connectivity index (χ2n) is 6.71. The Morgan fingerprint density at radius 1 is 1.18 bits per heavy atom. The summed E-state index contributed by atoms with van der Waals surface area (Å²) in [5.41, 5.74) is 0.113. The first kappa shape index (κ1) is 16.9. The normalized spacial score (nSPS) is 28.6. The average molecular weight is 308 g/mol. The van der Waals surface area contributed by atoms with E-state index in [4.69, 9.17) is 9.47 Å². The molecule has 0 radical (unpaired) electrons. The summed E-state index contributed by atoms with van der Waals surface area (Å²) in [6, 6.07) is 8.61. The molecule has 5 nitrogen and oxygen atoms in total. The fourth-order valence-electron chi connectivity index (χ4n) is 2.50. The van der Waals surface area contributed by atoms with Crippen molar-refractivity contribution in [3.8, 4) is 0 Å². The second kappa shape index (κ2) is 6.77. The first-order valence-electron chi connectivity index (χ1n) is 7.54. The fraction of sp³-hybridized carbons (Fsp3) is 0.588. The molecule has 0 spiro atoms. The molecule has 122 valence electrons. The zero-order valence-electron chi connectivity index (χ0n) is 13.2. The minimum absolute atomic E-state index is 0.247. The summed E-state index contributed by atoms with van der Waals surface area (Å²) in [4.78, 5) is 12.0. The first-order valence-corrected chi connectivity index (χ1v) is 7.54. The van der Waals surface area contributed by atoms with E-state index in [0.717, 1.165) is 0 Å². The highest BCUT2D eigenvalue weighted by atomic mass is 16.6. The van der Waals surface area contributed by atoms with Crippen molar-refractivity contribution < 1.29 is 24.5 Å². The number of aliphatic hydroxyl groups is 2. The molecule has 2 N–H and O–H groups in total. The third-order valence-corrected chi connectivity index (χ3v) is 3.75. The molecule has 0 heterocycles. The van der Waals surface area contributed by atoms with Crippen LogP contribution >= 0.6 is 0 Å². The van der Waals surface area contributed by atoms with Crippen molar-refractivity contribution in [2.45, 2.75) is 51.1 Å². The predicted octanol–water partition coefficient (Wildman–Crippen LogP) is 1.77. The zero-order chi connectivity index (χ0) is 16.3. The highest BCUT2D eigenvalue weighted by molar-refractivity contribution is 5.89. The fourth-order valence-corrected chi connectivity index (χ4v) is 2.50. The van der Waals surface area contributed by atoms with Crippen LogP contribution in [0.15, 0.2) is 30.3 Å². The van der Waals surface area contributed by atoms with Gasteiger partial charge in [-0.25, -0.2) is 4.79 Å². The van der Waals surface area contributed by atoms with Gasteiger partial charge in [-0.05, 0) is 39.3 Å². The average Bonchev–Trinajstić information content (AvgIpc) is 2.73. The van der Waals surface area contributed by atoms with Gasteiger partial charge < -0.3 is 19.7 Å². The van der Waals surface area contributed by atoms with Crippen molar-refractivity contribution in [3.63, 3.8) is 0 Å². The molecule has 1 fully saturated rings. The molecule has 0 aromatic heterocycles. The maximum Gasteiger partial charge on any atom is 0.338 e. The van der Waals surface area contributed by atoms with Crippen molar-refractivity contribution in [2.24, 2.45) is 5.92 Å². The summed E-state index contributed by atoms with van der Waals surface area (Å²) in [7, 11) is 0. The first-order chi connectivity index (χ1) is 10.3. The number of carbonyl (C=O) groups excluding carboxylic acids is 1. The van der Waals surface area contributed by atoms with Gasteiger partial charge in [-0.1, -0.05) is 18.2 Å².